The van der Waals surface area contributed by atoms with Crippen LogP contribution in [-0.4, -0.2) is 28.0 Å². The van der Waals surface area contributed by atoms with Gasteiger partial charge in [-0.05, 0) is 37.1 Å². The van der Waals surface area contributed by atoms with Crippen LogP contribution in [0.3, 0.4) is 0 Å². The topological polar surface area (TPSA) is 64.1 Å². The Morgan fingerprint density at radius 1 is 1.30 bits per heavy atom. The van der Waals surface area contributed by atoms with Gasteiger partial charge in [0.15, 0.2) is 5.82 Å². The molecule has 1 N–H and O–H groups in total. The summed E-state index contributed by atoms with van der Waals surface area (Å²) in [5.74, 6) is -0.409. The van der Waals surface area contributed by atoms with Crippen LogP contribution in [-0.2, 0) is 11.2 Å². The molecule has 0 radical (unpaired) electrons. The fourth-order valence-corrected chi connectivity index (χ4v) is 3.39. The van der Waals surface area contributed by atoms with Crippen LogP contribution in [0.15, 0.2) is 29.9 Å². The van der Waals surface area contributed by atoms with Gasteiger partial charge in [-0.15, -0.1) is 11.3 Å². The number of hydrogen-bond donors (Lipinski definition) is 1. The summed E-state index contributed by atoms with van der Waals surface area (Å²) in [6.07, 6.45) is 6.03. The lowest BCUT2D eigenvalue weighted by Gasteiger charge is -2.28. The number of rotatable bonds is 5. The number of hydrogen-bond acceptors (Lipinski definition) is 5. The number of halogens is 1. The van der Waals surface area contributed by atoms with Gasteiger partial charge in [-0.3, -0.25) is 4.79 Å². The summed E-state index contributed by atoms with van der Waals surface area (Å²) < 4.78 is 18.4. The monoisotopic (exact) mass is 335 g/mol. The highest BCUT2D eigenvalue weighted by atomic mass is 32.1. The van der Waals surface area contributed by atoms with Crippen molar-refractivity contribution in [1.29, 1.82) is 0 Å². The number of ether oxygens (including phenoxy) is 1. The molecule has 1 aliphatic rings. The van der Waals surface area contributed by atoms with Crippen molar-refractivity contribution in [3.05, 3.63) is 40.6 Å². The second-order valence-electron chi connectivity index (χ2n) is 5.60. The largest absolute Gasteiger partial charge is 0.460 e. The average molecular weight is 335 g/mol. The zero-order valence-corrected chi connectivity index (χ0v) is 13.4. The number of carbonyl (C=O) groups excluding carboxylic acids is 1. The molecule has 2 aromatic rings. The van der Waals surface area contributed by atoms with Gasteiger partial charge in [0, 0.05) is 10.9 Å². The summed E-state index contributed by atoms with van der Waals surface area (Å²) in [5.41, 5.74) is 0. The van der Waals surface area contributed by atoms with E-state index in [2.05, 4.69) is 15.3 Å². The highest BCUT2D eigenvalue weighted by molar-refractivity contribution is 7.10. The van der Waals surface area contributed by atoms with Crippen molar-refractivity contribution in [3.8, 4) is 6.01 Å². The predicted octanol–water partition coefficient (Wildman–Crippen LogP) is 2.73. The van der Waals surface area contributed by atoms with Crippen molar-refractivity contribution in [1.82, 2.24) is 15.3 Å². The molecule has 23 heavy (non-hydrogen) atoms. The second kappa shape index (κ2) is 7.50. The standard InChI is InChI=1S/C16H18FN3O2S/c17-11-9-18-16(19-10-11)22-13-5-3-12(4-6-13)20-15(21)8-14-2-1-7-23-14/h1-2,7,9-10,12-13H,3-6,8H2,(H,20,21). The van der Waals surface area contributed by atoms with Gasteiger partial charge in [0.25, 0.3) is 0 Å². The van der Waals surface area contributed by atoms with Gasteiger partial charge < -0.3 is 10.1 Å². The Kier molecular flexibility index (Phi) is 5.17. The van der Waals surface area contributed by atoms with E-state index in [-0.39, 0.29) is 24.1 Å². The third-order valence-electron chi connectivity index (χ3n) is 3.82. The van der Waals surface area contributed by atoms with E-state index in [0.29, 0.717) is 6.42 Å². The van der Waals surface area contributed by atoms with Crippen molar-refractivity contribution >= 4 is 17.2 Å². The molecule has 1 aliphatic carbocycles. The molecule has 0 atom stereocenters. The molecular formula is C16H18FN3O2S. The average Bonchev–Trinajstić information content (AvgIpc) is 3.04. The molecular weight excluding hydrogens is 317 g/mol. The quantitative estimate of drug-likeness (QED) is 0.912. The first-order chi connectivity index (χ1) is 11.2. The summed E-state index contributed by atoms with van der Waals surface area (Å²) in [7, 11) is 0. The molecule has 0 aliphatic heterocycles. The van der Waals surface area contributed by atoms with E-state index in [9.17, 15) is 9.18 Å². The van der Waals surface area contributed by atoms with Crippen molar-refractivity contribution in [2.45, 2.75) is 44.2 Å². The number of aromatic nitrogens is 2. The lowest BCUT2D eigenvalue weighted by molar-refractivity contribution is -0.121. The second-order valence-corrected chi connectivity index (χ2v) is 6.63. The van der Waals surface area contributed by atoms with Crippen molar-refractivity contribution in [2.75, 3.05) is 0 Å². The van der Waals surface area contributed by atoms with Gasteiger partial charge in [-0.1, -0.05) is 6.07 Å². The zero-order valence-electron chi connectivity index (χ0n) is 12.6. The number of carbonyl (C=O) groups is 1. The van der Waals surface area contributed by atoms with Crippen LogP contribution in [0.4, 0.5) is 4.39 Å². The summed E-state index contributed by atoms with van der Waals surface area (Å²) in [4.78, 5) is 20.7. The van der Waals surface area contributed by atoms with Gasteiger partial charge in [0.2, 0.25) is 5.91 Å². The molecule has 0 spiro atoms. The summed E-state index contributed by atoms with van der Waals surface area (Å²) >= 11 is 1.59. The fourth-order valence-electron chi connectivity index (χ4n) is 2.69. The van der Waals surface area contributed by atoms with Crippen molar-refractivity contribution in [2.24, 2.45) is 0 Å². The van der Waals surface area contributed by atoms with E-state index < -0.39 is 5.82 Å². The van der Waals surface area contributed by atoms with Crippen LogP contribution in [0.5, 0.6) is 6.01 Å². The molecule has 1 amide bonds. The number of nitrogens with one attached hydrogen (secondary N) is 1. The first-order valence-electron chi connectivity index (χ1n) is 7.65. The van der Waals surface area contributed by atoms with Gasteiger partial charge >= 0.3 is 6.01 Å². The maximum absolute atomic E-state index is 12.8. The van der Waals surface area contributed by atoms with Crippen LogP contribution >= 0.6 is 11.3 Å². The fraction of sp³-hybridized carbons (Fsp3) is 0.438. The Labute approximate surface area is 137 Å². The maximum atomic E-state index is 12.8. The smallest absolute Gasteiger partial charge is 0.316 e. The molecule has 2 aromatic heterocycles. The SMILES string of the molecule is O=C(Cc1cccs1)NC1CCC(Oc2ncc(F)cn2)CC1. The van der Waals surface area contributed by atoms with Crippen molar-refractivity contribution < 1.29 is 13.9 Å². The first kappa shape index (κ1) is 15.9. The van der Waals surface area contributed by atoms with E-state index >= 15 is 0 Å². The zero-order chi connectivity index (χ0) is 16.1. The van der Waals surface area contributed by atoms with E-state index in [0.717, 1.165) is 43.0 Å². The van der Waals surface area contributed by atoms with E-state index in [4.69, 9.17) is 4.74 Å². The van der Waals surface area contributed by atoms with Gasteiger partial charge in [0.05, 0.1) is 18.8 Å². The maximum Gasteiger partial charge on any atom is 0.316 e. The Morgan fingerprint density at radius 3 is 2.70 bits per heavy atom. The van der Waals surface area contributed by atoms with Gasteiger partial charge in [-0.25, -0.2) is 14.4 Å². The third-order valence-corrected chi connectivity index (χ3v) is 4.70. The van der Waals surface area contributed by atoms with E-state index in [1.165, 1.54) is 0 Å². The molecule has 1 fully saturated rings. The Morgan fingerprint density at radius 2 is 2.04 bits per heavy atom. The molecule has 0 saturated heterocycles. The molecule has 7 heteroatoms. The van der Waals surface area contributed by atoms with Gasteiger partial charge in [0.1, 0.15) is 6.10 Å². The summed E-state index contributed by atoms with van der Waals surface area (Å²) in [6.45, 7) is 0. The number of nitrogens with zero attached hydrogens (tertiary/aromatic N) is 2. The highest BCUT2D eigenvalue weighted by Crippen LogP contribution is 2.22. The Bertz CT molecular complexity index is 625. The Balaban J connectivity index is 1.41. The number of amides is 1. The number of thiophene rings is 1. The minimum atomic E-state index is -0.477. The van der Waals surface area contributed by atoms with Gasteiger partial charge in [-0.2, -0.15) is 0 Å². The molecule has 0 aromatic carbocycles. The molecule has 0 bridgehead atoms. The van der Waals surface area contributed by atoms with Crippen molar-refractivity contribution in [3.63, 3.8) is 0 Å². The van der Waals surface area contributed by atoms with E-state index in [1.807, 2.05) is 17.5 Å². The molecule has 122 valence electrons. The minimum Gasteiger partial charge on any atom is -0.460 e. The van der Waals surface area contributed by atoms with Crippen LogP contribution in [0.25, 0.3) is 0 Å². The molecule has 2 heterocycles. The lowest BCUT2D eigenvalue weighted by Crippen LogP contribution is -2.40. The molecule has 3 rings (SSSR count). The normalized spacial score (nSPS) is 20.9. The summed E-state index contributed by atoms with van der Waals surface area (Å²) in [5, 5.41) is 5.06. The lowest BCUT2D eigenvalue weighted by atomic mass is 9.93. The summed E-state index contributed by atoms with van der Waals surface area (Å²) in [6, 6.07) is 4.32. The minimum absolute atomic E-state index is 0.0194. The molecule has 5 nitrogen and oxygen atoms in total. The first-order valence-corrected chi connectivity index (χ1v) is 8.53. The van der Waals surface area contributed by atoms with Crippen LogP contribution < -0.4 is 10.1 Å². The highest BCUT2D eigenvalue weighted by Gasteiger charge is 2.24. The molecule has 1 saturated carbocycles. The third kappa shape index (κ3) is 4.72. The predicted molar refractivity (Wildman–Crippen MR) is 84.8 cm³/mol. The Hall–Kier alpha value is -2.02. The van der Waals surface area contributed by atoms with Crippen LogP contribution in [0.2, 0.25) is 0 Å². The molecule has 0 unspecified atom stereocenters. The van der Waals surface area contributed by atoms with Crippen LogP contribution in [0, 0.1) is 5.82 Å². The van der Waals surface area contributed by atoms with E-state index in [1.54, 1.807) is 11.3 Å². The van der Waals surface area contributed by atoms with Crippen LogP contribution in [0.1, 0.15) is 30.6 Å².